The van der Waals surface area contributed by atoms with Gasteiger partial charge >= 0.3 is 5.97 Å². The van der Waals surface area contributed by atoms with Crippen molar-refractivity contribution in [2.24, 2.45) is 17.8 Å². The van der Waals surface area contributed by atoms with E-state index >= 15 is 0 Å². The van der Waals surface area contributed by atoms with Crippen LogP contribution in [0, 0.1) is 17.8 Å². The van der Waals surface area contributed by atoms with Gasteiger partial charge in [-0.1, -0.05) is 109 Å². The third-order valence-electron chi connectivity index (χ3n) is 10.7. The molecule has 2 N–H and O–H groups in total. The molecule has 3 fully saturated rings. The van der Waals surface area contributed by atoms with Gasteiger partial charge in [-0.2, -0.15) is 0 Å². The van der Waals surface area contributed by atoms with Gasteiger partial charge < -0.3 is 29.7 Å². The van der Waals surface area contributed by atoms with Crippen LogP contribution >= 0.6 is 15.9 Å². The zero-order valence-electron chi connectivity index (χ0n) is 29.7. The molecule has 3 saturated heterocycles. The van der Waals surface area contributed by atoms with Gasteiger partial charge in [-0.05, 0) is 36.8 Å². The Morgan fingerprint density at radius 3 is 2.39 bits per heavy atom. The number of rotatable bonds is 17. The lowest BCUT2D eigenvalue weighted by Crippen LogP contribution is -2.59. The Bertz CT molecular complexity index is 1570. The van der Waals surface area contributed by atoms with Gasteiger partial charge in [-0.3, -0.25) is 19.2 Å². The molecule has 1 spiro atoms. The molecule has 2 aromatic carbocycles. The third-order valence-corrected chi connectivity index (χ3v) is 11.6. The summed E-state index contributed by atoms with van der Waals surface area (Å²) in [6.45, 7) is 13.4. The van der Waals surface area contributed by atoms with E-state index in [4.69, 9.17) is 9.47 Å². The molecule has 0 saturated carbocycles. The van der Waals surface area contributed by atoms with Gasteiger partial charge in [0.1, 0.15) is 17.7 Å². The molecule has 0 radical (unpaired) electrons. The average Bonchev–Trinajstić information content (AvgIpc) is 3.73. The maximum atomic E-state index is 14.9. The van der Waals surface area contributed by atoms with Crippen molar-refractivity contribution in [2.45, 2.75) is 93.8 Å². The molecule has 3 heterocycles. The molecular weight excluding hydrogens is 714 g/mol. The van der Waals surface area contributed by atoms with Crippen LogP contribution in [0.5, 0.6) is 0 Å². The molecule has 1 unspecified atom stereocenters. The van der Waals surface area contributed by atoms with E-state index in [0.29, 0.717) is 24.8 Å². The monoisotopic (exact) mass is 763 g/mol. The fraction of sp³-hybridized carbons (Fsp3) is 0.500. The predicted octanol–water partition coefficient (Wildman–Crippen LogP) is 5.11. The Balaban J connectivity index is 1.53. The number of carbonyl (C=O) groups excluding carboxylic acids is 4. The summed E-state index contributed by atoms with van der Waals surface area (Å²) in [5, 5.41) is 13.7. The van der Waals surface area contributed by atoms with Crippen LogP contribution in [-0.2, 0) is 35.2 Å². The molecule has 10 atom stereocenters. The quantitative estimate of drug-likeness (QED) is 0.130. The number of aliphatic hydroxyl groups excluding tert-OH is 1. The first-order valence-electron chi connectivity index (χ1n) is 17.9. The van der Waals surface area contributed by atoms with Crippen LogP contribution in [-0.4, -0.2) is 86.4 Å². The number of allylic oxidation sites excluding steroid dienone is 1. The summed E-state index contributed by atoms with van der Waals surface area (Å²) in [5.74, 6) is -3.79. The van der Waals surface area contributed by atoms with Crippen LogP contribution in [0.25, 0.3) is 0 Å². The number of fused-ring (bicyclic) bond motifs is 1. The van der Waals surface area contributed by atoms with Crippen LogP contribution in [0.1, 0.15) is 63.7 Å². The van der Waals surface area contributed by atoms with Gasteiger partial charge in [-0.15, -0.1) is 13.2 Å². The highest BCUT2D eigenvalue weighted by molar-refractivity contribution is 9.09. The number of alkyl halides is 1. The summed E-state index contributed by atoms with van der Waals surface area (Å²) in [5.41, 5.74) is 0.245. The number of benzene rings is 2. The standard InChI is InChI=1S/C40H50BrN3O7/c1-6-9-20-31(46)42-26(5)34(28-18-14-11-15-19-28)50-39(49)32-33-37(47)44(30(24-45)25(4)8-3)36(40(33)22-29(41)35(32)51-40)38(48)43(21-7-2)23-27-16-12-10-13-17-27/h6-7,10-19,25-26,29-30,32-36,45H,1-2,8-9,20-24H2,3-5H3,(H,42,46)/t25-,26+,29?,30-,32+,33-,34+,35+,36+,40-/m0/s1. The van der Waals surface area contributed by atoms with Crippen molar-refractivity contribution in [2.75, 3.05) is 13.2 Å². The molecule has 0 aromatic heterocycles. The van der Waals surface area contributed by atoms with Crippen molar-refractivity contribution in [3.8, 4) is 0 Å². The summed E-state index contributed by atoms with van der Waals surface area (Å²) in [4.78, 5) is 59.8. The normalized spacial score (nSPS) is 27.2. The Morgan fingerprint density at radius 1 is 1.12 bits per heavy atom. The van der Waals surface area contributed by atoms with Crippen molar-refractivity contribution in [1.82, 2.24) is 15.1 Å². The fourth-order valence-corrected chi connectivity index (χ4v) is 9.04. The number of hydrogen-bond acceptors (Lipinski definition) is 7. The van der Waals surface area contributed by atoms with Gasteiger partial charge in [0.15, 0.2) is 0 Å². The number of likely N-dealkylation sites (tertiary alicyclic amines) is 1. The lowest BCUT2D eigenvalue weighted by Gasteiger charge is -2.41. The van der Waals surface area contributed by atoms with Crippen molar-refractivity contribution >= 4 is 39.6 Å². The summed E-state index contributed by atoms with van der Waals surface area (Å²) < 4.78 is 13.1. The zero-order chi connectivity index (χ0) is 36.9. The van der Waals surface area contributed by atoms with Gasteiger partial charge in [0, 0.05) is 24.3 Å². The van der Waals surface area contributed by atoms with E-state index in [0.717, 1.165) is 5.56 Å². The van der Waals surface area contributed by atoms with Crippen molar-refractivity contribution in [3.63, 3.8) is 0 Å². The fourth-order valence-electron chi connectivity index (χ4n) is 8.09. The zero-order valence-corrected chi connectivity index (χ0v) is 31.2. The largest absolute Gasteiger partial charge is 0.455 e. The van der Waals surface area contributed by atoms with Crippen molar-refractivity contribution in [3.05, 3.63) is 97.1 Å². The summed E-state index contributed by atoms with van der Waals surface area (Å²) in [6.07, 6.45) is 3.43. The number of aliphatic hydroxyl groups is 1. The maximum Gasteiger partial charge on any atom is 0.313 e. The molecule has 5 rings (SSSR count). The Labute approximate surface area is 309 Å². The average molecular weight is 765 g/mol. The van der Waals surface area contributed by atoms with Gasteiger partial charge in [-0.25, -0.2) is 0 Å². The molecular formula is C40H50BrN3O7. The Morgan fingerprint density at radius 2 is 1.78 bits per heavy atom. The topological polar surface area (TPSA) is 125 Å². The minimum atomic E-state index is -1.35. The van der Waals surface area contributed by atoms with Gasteiger partial charge in [0.2, 0.25) is 17.7 Å². The molecule has 0 aliphatic carbocycles. The smallest absolute Gasteiger partial charge is 0.313 e. The van der Waals surface area contributed by atoms with Crippen molar-refractivity contribution in [1.29, 1.82) is 0 Å². The summed E-state index contributed by atoms with van der Waals surface area (Å²) in [6, 6.07) is 16.4. The highest BCUT2D eigenvalue weighted by Crippen LogP contribution is 2.61. The second-order valence-corrected chi connectivity index (χ2v) is 15.2. The Hall–Kier alpha value is -3.80. The highest BCUT2D eigenvalue weighted by Gasteiger charge is 2.77. The first kappa shape index (κ1) is 38.4. The molecule has 11 heteroatoms. The molecule has 2 aromatic rings. The van der Waals surface area contributed by atoms with Gasteiger partial charge in [0.05, 0.1) is 36.6 Å². The highest BCUT2D eigenvalue weighted by atomic mass is 79.9. The Kier molecular flexibility index (Phi) is 12.6. The van der Waals surface area contributed by atoms with E-state index in [2.05, 4.69) is 34.4 Å². The lowest BCUT2D eigenvalue weighted by atomic mass is 9.70. The molecule has 2 bridgehead atoms. The van der Waals surface area contributed by atoms with Crippen LogP contribution in [0.15, 0.2) is 86.0 Å². The molecule has 3 aliphatic heterocycles. The number of esters is 1. The molecule has 10 nitrogen and oxygen atoms in total. The minimum Gasteiger partial charge on any atom is -0.455 e. The second kappa shape index (κ2) is 16.7. The first-order chi connectivity index (χ1) is 24.5. The number of amides is 3. The second-order valence-electron chi connectivity index (χ2n) is 14.0. The number of hydrogen-bond donors (Lipinski definition) is 2. The predicted molar refractivity (Wildman–Crippen MR) is 197 cm³/mol. The number of nitrogens with one attached hydrogen (secondary N) is 1. The first-order valence-corrected chi connectivity index (χ1v) is 18.8. The lowest BCUT2D eigenvalue weighted by molar-refractivity contribution is -0.163. The molecule has 51 heavy (non-hydrogen) atoms. The summed E-state index contributed by atoms with van der Waals surface area (Å²) in [7, 11) is 0. The number of carbonyl (C=O) groups is 4. The van der Waals surface area contributed by atoms with E-state index < -0.39 is 59.6 Å². The van der Waals surface area contributed by atoms with Crippen LogP contribution in [0.3, 0.4) is 0 Å². The van der Waals surface area contributed by atoms with E-state index in [1.807, 2.05) is 74.5 Å². The minimum absolute atomic E-state index is 0.151. The van der Waals surface area contributed by atoms with Crippen LogP contribution in [0.4, 0.5) is 0 Å². The van der Waals surface area contributed by atoms with E-state index in [-0.39, 0.29) is 48.7 Å². The van der Waals surface area contributed by atoms with E-state index in [9.17, 15) is 24.3 Å². The van der Waals surface area contributed by atoms with Crippen molar-refractivity contribution < 1.29 is 33.8 Å². The van der Waals surface area contributed by atoms with Crippen LogP contribution < -0.4 is 5.32 Å². The summed E-state index contributed by atoms with van der Waals surface area (Å²) >= 11 is 3.75. The van der Waals surface area contributed by atoms with E-state index in [1.165, 1.54) is 4.90 Å². The molecule has 3 amide bonds. The van der Waals surface area contributed by atoms with Crippen LogP contribution in [0.2, 0.25) is 0 Å². The molecule has 3 aliphatic rings. The van der Waals surface area contributed by atoms with E-state index in [1.54, 1.807) is 24.0 Å². The van der Waals surface area contributed by atoms with Gasteiger partial charge in [0.25, 0.3) is 0 Å². The number of nitrogens with zero attached hydrogens (tertiary/aromatic N) is 2. The third kappa shape index (κ3) is 7.57. The SMILES string of the molecule is C=CCCC(=O)N[C@H](C)[C@@H](OC(=O)[C@H]1[C@@H]2O[C@@]3(CC2Br)[C@@H]1C(=O)N([C@@H](CO)[C@@H](C)CC)[C@@H]3C(=O)N(CC=C)Cc1ccccc1)c1ccccc1. The number of halogens is 1. The molecule has 274 valence electrons. The maximum absolute atomic E-state index is 14.9. The number of ether oxygens (including phenoxy) is 2.